The van der Waals surface area contributed by atoms with Crippen LogP contribution in [0, 0.1) is 0 Å². The first kappa shape index (κ1) is 25.3. The number of carbonyl (C=O) groups excluding carboxylic acids is 3. The monoisotopic (exact) mass is 527 g/mol. The lowest BCUT2D eigenvalue weighted by atomic mass is 9.94. The Morgan fingerprint density at radius 1 is 0.949 bits per heavy atom. The molecule has 2 N–H and O–H groups in total. The molecule has 7 rings (SSSR count). The summed E-state index contributed by atoms with van der Waals surface area (Å²) in [7, 11) is 0. The van der Waals surface area contributed by atoms with E-state index in [0.29, 0.717) is 24.4 Å². The van der Waals surface area contributed by atoms with E-state index in [1.54, 1.807) is 17.2 Å². The maximum Gasteiger partial charge on any atom is 0.255 e. The molecule has 1 saturated carbocycles. The van der Waals surface area contributed by atoms with Gasteiger partial charge >= 0.3 is 0 Å². The summed E-state index contributed by atoms with van der Waals surface area (Å²) in [6.45, 7) is 2.62. The Hall–Kier alpha value is -3.98. The minimum Gasteiger partial charge on any atom is -0.490 e. The largest absolute Gasteiger partial charge is 0.490 e. The van der Waals surface area contributed by atoms with Crippen molar-refractivity contribution in [3.63, 3.8) is 0 Å². The third kappa shape index (κ3) is 5.45. The Bertz CT molecular complexity index is 1340. The highest BCUT2D eigenvalue weighted by atomic mass is 16.5. The molecule has 4 heterocycles. The van der Waals surface area contributed by atoms with E-state index in [2.05, 4.69) is 40.0 Å². The van der Waals surface area contributed by atoms with Crippen LogP contribution in [0.2, 0.25) is 0 Å². The highest BCUT2D eigenvalue weighted by molar-refractivity contribution is 6.05. The van der Waals surface area contributed by atoms with Crippen molar-refractivity contribution in [1.29, 1.82) is 0 Å². The average molecular weight is 528 g/mol. The van der Waals surface area contributed by atoms with E-state index in [0.717, 1.165) is 42.9 Å². The van der Waals surface area contributed by atoms with Crippen LogP contribution >= 0.6 is 0 Å². The summed E-state index contributed by atoms with van der Waals surface area (Å²) >= 11 is 0. The second-order valence-corrected chi connectivity index (χ2v) is 10.6. The van der Waals surface area contributed by atoms with Crippen LogP contribution < -0.4 is 15.4 Å². The Morgan fingerprint density at radius 2 is 1.74 bits per heavy atom. The van der Waals surface area contributed by atoms with Gasteiger partial charge in [-0.15, -0.1) is 0 Å². The maximum absolute atomic E-state index is 12.6. The molecule has 2 saturated heterocycles. The molecule has 0 bridgehead atoms. The van der Waals surface area contributed by atoms with Crippen LogP contribution in [0.3, 0.4) is 0 Å². The molecule has 0 radical (unpaired) electrons. The fourth-order valence-corrected chi connectivity index (χ4v) is 5.67. The van der Waals surface area contributed by atoms with Gasteiger partial charge in [0, 0.05) is 49.9 Å². The Morgan fingerprint density at radius 3 is 2.41 bits per heavy atom. The van der Waals surface area contributed by atoms with Gasteiger partial charge in [-0.1, -0.05) is 12.1 Å². The highest BCUT2D eigenvalue weighted by Gasteiger charge is 2.39. The van der Waals surface area contributed by atoms with Gasteiger partial charge in [0.05, 0.1) is 11.8 Å². The van der Waals surface area contributed by atoms with E-state index in [1.165, 1.54) is 18.4 Å². The smallest absolute Gasteiger partial charge is 0.255 e. The van der Waals surface area contributed by atoms with Crippen molar-refractivity contribution in [3.8, 4) is 11.4 Å². The van der Waals surface area contributed by atoms with Gasteiger partial charge in [-0.3, -0.25) is 19.7 Å². The minimum absolute atomic E-state index is 0.146. The van der Waals surface area contributed by atoms with Gasteiger partial charge in [0.2, 0.25) is 11.8 Å². The molecule has 3 aliphatic heterocycles. The van der Waals surface area contributed by atoms with Crippen LogP contribution in [0.4, 0.5) is 0 Å². The molecule has 0 spiro atoms. The standard InChI is InChI=1S/C18H20N2O4.C12H13N3/c21-16-8-7-15(17(22)19-16)20-10-11-9-13(5-6-14(11)18(20)23)24-12-3-1-2-4-12;1-6-14-15(7-1)12-4-2-10(3-5-12)11-8-13-9-11/h5-6,9,12,15H,1-4,7-8,10H2,(H,19,21,22);1-7,11,13H,8-9H2. The predicted molar refractivity (Wildman–Crippen MR) is 145 cm³/mol. The summed E-state index contributed by atoms with van der Waals surface area (Å²) in [5, 5.41) is 9.80. The first-order valence-electron chi connectivity index (χ1n) is 13.8. The zero-order valence-corrected chi connectivity index (χ0v) is 21.8. The molecule has 1 unspecified atom stereocenters. The fourth-order valence-electron chi connectivity index (χ4n) is 5.67. The molecule has 3 fully saturated rings. The number of imide groups is 1. The summed E-state index contributed by atoms with van der Waals surface area (Å²) < 4.78 is 7.88. The van der Waals surface area contributed by atoms with Gasteiger partial charge in [0.1, 0.15) is 11.8 Å². The molecule has 1 aromatic heterocycles. The fraction of sp³-hybridized carbons (Fsp3) is 0.400. The third-order valence-corrected chi connectivity index (χ3v) is 8.01. The van der Waals surface area contributed by atoms with Crippen molar-refractivity contribution < 1.29 is 19.1 Å². The van der Waals surface area contributed by atoms with Crippen LogP contribution in [-0.4, -0.2) is 57.6 Å². The summed E-state index contributed by atoms with van der Waals surface area (Å²) in [6.07, 6.45) is 9.25. The lowest BCUT2D eigenvalue weighted by Gasteiger charge is -2.29. The van der Waals surface area contributed by atoms with E-state index in [9.17, 15) is 14.4 Å². The quantitative estimate of drug-likeness (QED) is 0.493. The molecule has 9 heteroatoms. The average Bonchev–Trinajstić information content (AvgIpc) is 3.67. The van der Waals surface area contributed by atoms with Crippen molar-refractivity contribution in [2.24, 2.45) is 0 Å². The Labute approximate surface area is 227 Å². The third-order valence-electron chi connectivity index (χ3n) is 8.01. The van der Waals surface area contributed by atoms with Gasteiger partial charge in [-0.2, -0.15) is 5.10 Å². The summed E-state index contributed by atoms with van der Waals surface area (Å²) in [4.78, 5) is 37.5. The number of nitrogens with one attached hydrogen (secondary N) is 2. The number of carbonyl (C=O) groups is 3. The van der Waals surface area contributed by atoms with Gasteiger partial charge in [0.15, 0.2) is 0 Å². The zero-order chi connectivity index (χ0) is 26.8. The number of benzene rings is 2. The van der Waals surface area contributed by atoms with E-state index < -0.39 is 6.04 Å². The number of aromatic nitrogens is 2. The van der Waals surface area contributed by atoms with Crippen LogP contribution in [0.25, 0.3) is 5.69 Å². The SMILES string of the molecule is O=C1CCC(N2Cc3cc(OC4CCCC4)ccc3C2=O)C(=O)N1.c1cnn(-c2ccc(C3CNC3)cc2)c1. The van der Waals surface area contributed by atoms with Crippen molar-refractivity contribution in [3.05, 3.63) is 77.6 Å². The highest BCUT2D eigenvalue weighted by Crippen LogP contribution is 2.32. The van der Waals surface area contributed by atoms with Crippen LogP contribution in [-0.2, 0) is 16.1 Å². The number of hydrogen-bond donors (Lipinski definition) is 2. The normalized spacial score (nSPS) is 21.2. The molecule has 3 aromatic rings. The number of amides is 3. The summed E-state index contributed by atoms with van der Waals surface area (Å²) in [5.74, 6) is 0.699. The molecule has 9 nitrogen and oxygen atoms in total. The molecule has 1 atom stereocenters. The molecular formula is C30H33N5O4. The van der Waals surface area contributed by atoms with Crippen molar-refractivity contribution in [2.75, 3.05) is 13.1 Å². The van der Waals surface area contributed by atoms with Gasteiger partial charge in [-0.05, 0) is 79.6 Å². The van der Waals surface area contributed by atoms with E-state index >= 15 is 0 Å². The first-order chi connectivity index (χ1) is 19.0. The minimum atomic E-state index is -0.568. The number of fused-ring (bicyclic) bond motifs is 1. The number of ether oxygens (including phenoxy) is 1. The van der Waals surface area contributed by atoms with Crippen molar-refractivity contribution >= 4 is 17.7 Å². The van der Waals surface area contributed by atoms with Crippen molar-refractivity contribution in [1.82, 2.24) is 25.3 Å². The van der Waals surface area contributed by atoms with Crippen LogP contribution in [0.5, 0.6) is 5.75 Å². The predicted octanol–water partition coefficient (Wildman–Crippen LogP) is 3.33. The maximum atomic E-state index is 12.6. The molecule has 39 heavy (non-hydrogen) atoms. The summed E-state index contributed by atoms with van der Waals surface area (Å²) in [6, 6.07) is 15.5. The lowest BCUT2D eigenvalue weighted by molar-refractivity contribution is -0.136. The van der Waals surface area contributed by atoms with Crippen LogP contribution in [0.1, 0.15) is 65.9 Å². The van der Waals surface area contributed by atoms with E-state index in [1.807, 2.05) is 29.1 Å². The number of piperidine rings is 1. The van der Waals surface area contributed by atoms with E-state index in [4.69, 9.17) is 4.74 Å². The zero-order valence-electron chi connectivity index (χ0n) is 21.8. The van der Waals surface area contributed by atoms with Gasteiger partial charge in [-0.25, -0.2) is 4.68 Å². The second-order valence-electron chi connectivity index (χ2n) is 10.6. The lowest BCUT2D eigenvalue weighted by Crippen LogP contribution is -2.52. The molecule has 2 aromatic carbocycles. The molecule has 202 valence electrons. The van der Waals surface area contributed by atoms with E-state index in [-0.39, 0.29) is 30.2 Å². The Balaban J connectivity index is 0.000000158. The van der Waals surface area contributed by atoms with Gasteiger partial charge in [0.25, 0.3) is 5.91 Å². The van der Waals surface area contributed by atoms with Gasteiger partial charge < -0.3 is 15.0 Å². The number of nitrogens with zero attached hydrogens (tertiary/aromatic N) is 3. The molecule has 4 aliphatic rings. The van der Waals surface area contributed by atoms with Crippen molar-refractivity contribution in [2.45, 2.75) is 63.1 Å². The summed E-state index contributed by atoms with van der Waals surface area (Å²) in [5.41, 5.74) is 4.05. The Kier molecular flexibility index (Phi) is 7.15. The number of rotatable bonds is 5. The first-order valence-corrected chi connectivity index (χ1v) is 13.8. The molecule has 1 aliphatic carbocycles. The number of hydrogen-bond acceptors (Lipinski definition) is 6. The second kappa shape index (κ2) is 11.0. The van der Waals surface area contributed by atoms with Crippen LogP contribution in [0.15, 0.2) is 60.9 Å². The topological polar surface area (TPSA) is 106 Å². The molecular weight excluding hydrogens is 494 g/mol. The molecule has 3 amide bonds.